The van der Waals surface area contributed by atoms with Crippen LogP contribution in [0.3, 0.4) is 0 Å². The molecule has 1 unspecified atom stereocenters. The number of nitro groups is 1. The van der Waals surface area contributed by atoms with Crippen LogP contribution in [0.4, 0.5) is 11.4 Å². The van der Waals surface area contributed by atoms with E-state index in [2.05, 4.69) is 18.4 Å². The summed E-state index contributed by atoms with van der Waals surface area (Å²) in [6.07, 6.45) is 2.82. The van der Waals surface area contributed by atoms with Gasteiger partial charge in [0.25, 0.3) is 5.69 Å². The zero-order valence-corrected chi connectivity index (χ0v) is 12.2. The van der Waals surface area contributed by atoms with E-state index in [-0.39, 0.29) is 23.0 Å². The number of hydrogen-bond donors (Lipinski definition) is 1. The Balaban J connectivity index is 2.19. The number of aromatic hydroxyl groups is 1. The van der Waals surface area contributed by atoms with Crippen molar-refractivity contribution in [2.75, 3.05) is 25.0 Å². The Hall–Kier alpha value is -2.08. The van der Waals surface area contributed by atoms with Crippen molar-refractivity contribution in [2.24, 2.45) is 0 Å². The molecule has 6 nitrogen and oxygen atoms in total. The SMILES string of the molecule is C=CCN1CC[C@@]2(C)c3cc(O)cc([N+](=O)[O-])c3N(C)C12. The monoisotopic (exact) mass is 289 g/mol. The van der Waals surface area contributed by atoms with Crippen molar-refractivity contribution < 1.29 is 10.0 Å². The number of phenols is 1. The van der Waals surface area contributed by atoms with Crippen LogP contribution in [0, 0.1) is 10.1 Å². The van der Waals surface area contributed by atoms with E-state index in [1.807, 2.05) is 18.0 Å². The maximum absolute atomic E-state index is 11.3. The molecular formula is C15H19N3O3. The van der Waals surface area contributed by atoms with Gasteiger partial charge in [-0.2, -0.15) is 0 Å². The average Bonchev–Trinajstić information content (AvgIpc) is 2.85. The summed E-state index contributed by atoms with van der Waals surface area (Å²) in [4.78, 5) is 15.2. The van der Waals surface area contributed by atoms with Gasteiger partial charge in [0.05, 0.1) is 17.2 Å². The van der Waals surface area contributed by atoms with Crippen LogP contribution in [0.1, 0.15) is 18.9 Å². The highest BCUT2D eigenvalue weighted by molar-refractivity contribution is 5.76. The Bertz CT molecular complexity index is 631. The summed E-state index contributed by atoms with van der Waals surface area (Å²) in [5.41, 5.74) is 1.25. The summed E-state index contributed by atoms with van der Waals surface area (Å²) in [6, 6.07) is 2.91. The smallest absolute Gasteiger partial charge is 0.296 e. The Kier molecular flexibility index (Phi) is 2.95. The second-order valence-corrected chi connectivity index (χ2v) is 6.05. The Morgan fingerprint density at radius 1 is 1.62 bits per heavy atom. The van der Waals surface area contributed by atoms with Gasteiger partial charge in [-0.05, 0) is 18.1 Å². The van der Waals surface area contributed by atoms with Crippen LogP contribution in [-0.2, 0) is 5.41 Å². The van der Waals surface area contributed by atoms with Crippen molar-refractivity contribution in [3.05, 3.63) is 40.5 Å². The third-order valence-electron chi connectivity index (χ3n) is 4.80. The van der Waals surface area contributed by atoms with Crippen LogP contribution in [0.25, 0.3) is 0 Å². The first kappa shape index (κ1) is 13.9. The first-order valence-corrected chi connectivity index (χ1v) is 7.00. The van der Waals surface area contributed by atoms with Crippen LogP contribution >= 0.6 is 0 Å². The number of hydrogen-bond acceptors (Lipinski definition) is 5. The maximum Gasteiger partial charge on any atom is 0.296 e. The van der Waals surface area contributed by atoms with Crippen LogP contribution < -0.4 is 4.90 Å². The number of fused-ring (bicyclic) bond motifs is 3. The molecule has 2 aliphatic heterocycles. The third kappa shape index (κ3) is 1.75. The number of likely N-dealkylation sites (tertiary alicyclic amines) is 1. The topological polar surface area (TPSA) is 69.8 Å². The zero-order valence-electron chi connectivity index (χ0n) is 12.2. The van der Waals surface area contributed by atoms with Crippen molar-refractivity contribution in [1.82, 2.24) is 4.90 Å². The lowest BCUT2D eigenvalue weighted by Crippen LogP contribution is -2.47. The van der Waals surface area contributed by atoms with Gasteiger partial charge in [0.2, 0.25) is 0 Å². The van der Waals surface area contributed by atoms with Gasteiger partial charge in [-0.1, -0.05) is 13.0 Å². The number of anilines is 1. The van der Waals surface area contributed by atoms with E-state index >= 15 is 0 Å². The zero-order chi connectivity index (χ0) is 15.4. The summed E-state index contributed by atoms with van der Waals surface area (Å²) in [5.74, 6) is -0.0436. The molecule has 6 heteroatoms. The van der Waals surface area contributed by atoms with E-state index in [4.69, 9.17) is 0 Å². The summed E-state index contributed by atoms with van der Waals surface area (Å²) < 4.78 is 0. The molecule has 21 heavy (non-hydrogen) atoms. The minimum Gasteiger partial charge on any atom is -0.508 e. The molecule has 1 fully saturated rings. The molecule has 3 rings (SSSR count). The molecule has 2 aliphatic rings. The predicted octanol–water partition coefficient (Wildman–Crippen LogP) is 2.23. The summed E-state index contributed by atoms with van der Waals surface area (Å²) in [6.45, 7) is 7.57. The van der Waals surface area contributed by atoms with Gasteiger partial charge < -0.3 is 10.0 Å². The Morgan fingerprint density at radius 3 is 2.95 bits per heavy atom. The van der Waals surface area contributed by atoms with Gasteiger partial charge in [0.1, 0.15) is 11.4 Å². The van der Waals surface area contributed by atoms with E-state index < -0.39 is 4.92 Å². The fraction of sp³-hybridized carbons (Fsp3) is 0.467. The van der Waals surface area contributed by atoms with Gasteiger partial charge in [-0.25, -0.2) is 0 Å². The summed E-state index contributed by atoms with van der Waals surface area (Å²) >= 11 is 0. The van der Waals surface area contributed by atoms with Gasteiger partial charge in [-0.3, -0.25) is 15.0 Å². The van der Waals surface area contributed by atoms with Gasteiger partial charge in [-0.15, -0.1) is 6.58 Å². The fourth-order valence-electron chi connectivity index (χ4n) is 4.01. The highest BCUT2D eigenvalue weighted by atomic mass is 16.6. The van der Waals surface area contributed by atoms with E-state index in [9.17, 15) is 15.2 Å². The molecule has 2 heterocycles. The first-order valence-electron chi connectivity index (χ1n) is 7.00. The lowest BCUT2D eigenvalue weighted by Gasteiger charge is -2.34. The van der Waals surface area contributed by atoms with Gasteiger partial charge in [0, 0.05) is 25.6 Å². The normalized spacial score (nSPS) is 27.5. The molecule has 0 spiro atoms. The third-order valence-corrected chi connectivity index (χ3v) is 4.80. The lowest BCUT2D eigenvalue weighted by atomic mass is 9.81. The highest BCUT2D eigenvalue weighted by Crippen LogP contribution is 2.55. The second kappa shape index (κ2) is 4.46. The molecule has 0 aliphatic carbocycles. The first-order chi connectivity index (χ1) is 9.90. The lowest BCUT2D eigenvalue weighted by molar-refractivity contribution is -0.384. The molecular weight excluding hydrogens is 270 g/mol. The van der Waals surface area contributed by atoms with Crippen molar-refractivity contribution >= 4 is 11.4 Å². The standard InChI is InChI=1S/C15H19N3O3/c1-4-6-17-7-5-15(2)11-8-10(19)9-12(18(20)21)13(11)16(3)14(15)17/h4,8-9,14,19H,1,5-7H2,2-3H3/t14?,15-/m0/s1. The number of nitrogens with zero attached hydrogens (tertiary/aromatic N) is 3. The quantitative estimate of drug-likeness (QED) is 0.525. The second-order valence-electron chi connectivity index (χ2n) is 6.05. The minimum atomic E-state index is -0.419. The maximum atomic E-state index is 11.3. The molecule has 1 saturated heterocycles. The number of rotatable bonds is 3. The number of phenolic OH excluding ortho intramolecular Hbond substituents is 1. The largest absolute Gasteiger partial charge is 0.508 e. The Labute approximate surface area is 123 Å². The molecule has 0 amide bonds. The van der Waals surface area contributed by atoms with Gasteiger partial charge >= 0.3 is 0 Å². The van der Waals surface area contributed by atoms with Crippen molar-refractivity contribution in [3.8, 4) is 5.75 Å². The van der Waals surface area contributed by atoms with Crippen molar-refractivity contribution in [2.45, 2.75) is 24.9 Å². The van der Waals surface area contributed by atoms with Crippen molar-refractivity contribution in [3.63, 3.8) is 0 Å². The van der Waals surface area contributed by atoms with E-state index in [1.165, 1.54) is 6.07 Å². The number of likely N-dealkylation sites (N-methyl/N-ethyl adjacent to an activating group) is 1. The number of nitro benzene ring substituents is 1. The van der Waals surface area contributed by atoms with Crippen LogP contribution in [0.5, 0.6) is 5.75 Å². The summed E-state index contributed by atoms with van der Waals surface area (Å²) in [7, 11) is 1.89. The molecule has 1 N–H and O–H groups in total. The predicted molar refractivity (Wildman–Crippen MR) is 80.7 cm³/mol. The van der Waals surface area contributed by atoms with Crippen LogP contribution in [0.15, 0.2) is 24.8 Å². The van der Waals surface area contributed by atoms with Crippen LogP contribution in [0.2, 0.25) is 0 Å². The van der Waals surface area contributed by atoms with E-state index in [0.29, 0.717) is 5.69 Å². The van der Waals surface area contributed by atoms with Crippen LogP contribution in [-0.4, -0.2) is 41.2 Å². The molecule has 0 saturated carbocycles. The molecule has 1 aromatic rings. The highest BCUT2D eigenvalue weighted by Gasteiger charge is 2.55. The minimum absolute atomic E-state index is 0.0262. The Morgan fingerprint density at radius 2 is 2.33 bits per heavy atom. The average molecular weight is 289 g/mol. The molecule has 0 bridgehead atoms. The van der Waals surface area contributed by atoms with Gasteiger partial charge in [0.15, 0.2) is 0 Å². The van der Waals surface area contributed by atoms with Crippen molar-refractivity contribution in [1.29, 1.82) is 0 Å². The molecule has 2 atom stereocenters. The fourth-order valence-corrected chi connectivity index (χ4v) is 4.01. The molecule has 112 valence electrons. The van der Waals surface area contributed by atoms with E-state index in [1.54, 1.807) is 6.07 Å². The molecule has 0 aromatic heterocycles. The van der Waals surface area contributed by atoms with E-state index in [0.717, 1.165) is 25.1 Å². The molecule has 1 aromatic carbocycles. The molecule has 0 radical (unpaired) electrons. The summed E-state index contributed by atoms with van der Waals surface area (Å²) in [5, 5.41) is 21.2. The number of benzene rings is 1.